The topological polar surface area (TPSA) is 132 Å². The molecule has 0 fully saturated rings. The molecule has 0 unspecified atom stereocenters. The van der Waals surface area contributed by atoms with Gasteiger partial charge in [-0.05, 0) is 533 Å². The van der Waals surface area contributed by atoms with Crippen molar-refractivity contribution in [1.29, 1.82) is 0 Å². The van der Waals surface area contributed by atoms with Gasteiger partial charge in [-0.1, -0.05) is 18.2 Å². The van der Waals surface area contributed by atoms with Crippen molar-refractivity contribution < 1.29 is 47.7 Å². The summed E-state index contributed by atoms with van der Waals surface area (Å²) in [6, 6.07) is 67.1. The number of benzene rings is 11. The molecule has 0 saturated heterocycles. The Bertz CT molecular complexity index is 4380. The highest BCUT2D eigenvalue weighted by molar-refractivity contribution is 14.1. The third-order valence-corrected chi connectivity index (χ3v) is 29.0. The molecule has 0 spiro atoms. The molecule has 0 saturated carbocycles. The number of rotatable bonds is 16. The third-order valence-electron chi connectivity index (χ3n) is 13.4. The van der Waals surface area contributed by atoms with Crippen LogP contribution in [0.1, 0.15) is 51.8 Å². The normalized spacial score (nSPS) is 11.0. The van der Waals surface area contributed by atoms with Gasteiger partial charge in [-0.15, -0.1) is 0 Å². The quantitative estimate of drug-likeness (QED) is 0.0399. The molecule has 11 aromatic carbocycles. The van der Waals surface area contributed by atoms with Gasteiger partial charge in [0.25, 0.3) is 0 Å². The molecule has 0 aromatic heterocycles. The summed E-state index contributed by atoms with van der Waals surface area (Å²) in [7, 11) is -1.15. The molecule has 27 heteroatoms. The average molecular weight is 3020 g/mol. The first-order valence-electron chi connectivity index (χ1n) is 27.7. The van der Waals surface area contributed by atoms with Crippen molar-refractivity contribution in [2.24, 2.45) is 0 Å². The number of carbonyl (C=O) groups is 5. The molecule has 0 aliphatic rings. The Morgan fingerprint density at radius 3 is 0.500 bits per heavy atom. The molecule has 494 valence electrons. The van der Waals surface area contributed by atoms with Gasteiger partial charge in [-0.2, -0.15) is 0 Å². The Hall–Kier alpha value is 0.420. The van der Waals surface area contributed by atoms with Gasteiger partial charge in [0.15, 0.2) is 58.1 Å². The van der Waals surface area contributed by atoms with E-state index in [1.807, 2.05) is 164 Å². The molecule has 10 nitrogen and oxygen atoms in total. The lowest BCUT2D eigenvalue weighted by atomic mass is 10.2. The molecule has 11 aromatic rings. The van der Waals surface area contributed by atoms with Crippen molar-refractivity contribution in [3.63, 3.8) is 0 Å². The summed E-state index contributed by atoms with van der Waals surface area (Å²) >= 11 is 33.0. The fourth-order valence-electron chi connectivity index (χ4n) is 8.90. The lowest BCUT2D eigenvalue weighted by Crippen LogP contribution is -2.13. The van der Waals surface area contributed by atoms with Crippen LogP contribution in [-0.4, -0.2) is 29.8 Å². The van der Waals surface area contributed by atoms with Crippen LogP contribution >= 0.6 is 339 Å². The number of ether oxygens (including phenoxy) is 5. The van der Waals surface area contributed by atoms with Crippen LogP contribution in [0, 0.1) is 53.6 Å². The molecular formula is C71H35I15O10S2+2. The van der Waals surface area contributed by atoms with Crippen LogP contribution in [0.4, 0.5) is 0 Å². The van der Waals surface area contributed by atoms with Gasteiger partial charge in [-0.3, -0.25) is 0 Å². The van der Waals surface area contributed by atoms with E-state index >= 15 is 0 Å². The van der Waals surface area contributed by atoms with Crippen LogP contribution in [0.15, 0.2) is 242 Å². The second-order valence-corrected chi connectivity index (χ2v) is 41.9. The lowest BCUT2D eigenvalue weighted by Gasteiger charge is -2.12. The van der Waals surface area contributed by atoms with Gasteiger partial charge in [0.1, 0.15) is 0 Å². The smallest absolute Gasteiger partial charge is 0.343 e. The van der Waals surface area contributed by atoms with Crippen LogP contribution in [0.5, 0.6) is 28.7 Å². The largest absolute Gasteiger partial charge is 0.421 e. The minimum Gasteiger partial charge on any atom is -0.421 e. The van der Waals surface area contributed by atoms with Gasteiger partial charge in [-0.25, -0.2) is 24.0 Å². The predicted octanol–water partition coefficient (Wildman–Crippen LogP) is 24.7. The van der Waals surface area contributed by atoms with Crippen molar-refractivity contribution >= 4 is 390 Å². The average Bonchev–Trinajstić information content (AvgIpc) is 0.803. The molecule has 0 aliphatic heterocycles. The van der Waals surface area contributed by atoms with Crippen molar-refractivity contribution in [1.82, 2.24) is 0 Å². The molecule has 0 bridgehead atoms. The van der Waals surface area contributed by atoms with Crippen molar-refractivity contribution in [2.75, 3.05) is 0 Å². The standard InChI is InChI=1S/C39H18I9O6S.C32H17I6O4S/c40-22-13-28(43)34(29(44)14-22)52-37(49)19-1-7-25(8-2-19)55(26-9-3-20(4-10-26)38(50)53-35-30(45)15-23(41)16-31(35)46)27-11-5-21(6-12-27)39(51)54-36-32(47)17-24(42)18-33(36)48;33-20-14-25(35)29(26(36)15-20)41-31(39)18-6-10-23(11-7-18)43(22-4-2-1-3-5-22)24-12-8-19(9-13-24)32(40)42-30-27(37)16-21(34)17-28(30)38/h1-18H;1-17H/q2*+1. The second-order valence-electron chi connectivity index (χ2n) is 20.0. The Morgan fingerprint density at radius 2 is 0.347 bits per heavy atom. The number of hydrogen-bond acceptors (Lipinski definition) is 10. The first kappa shape index (κ1) is 80.9. The molecule has 0 atom stereocenters. The van der Waals surface area contributed by atoms with Crippen molar-refractivity contribution in [2.45, 2.75) is 29.4 Å². The third kappa shape index (κ3) is 21.4. The zero-order valence-corrected chi connectivity index (χ0v) is 82.8. The molecule has 98 heavy (non-hydrogen) atoms. The summed E-state index contributed by atoms with van der Waals surface area (Å²) < 4.78 is 43.1. The maximum Gasteiger partial charge on any atom is 0.343 e. The Morgan fingerprint density at radius 1 is 0.204 bits per heavy atom. The van der Waals surface area contributed by atoms with Gasteiger partial charge in [0.05, 0.1) is 85.3 Å². The molecule has 11 rings (SSSR count). The van der Waals surface area contributed by atoms with Gasteiger partial charge >= 0.3 is 29.8 Å². The second kappa shape index (κ2) is 38.0. The fraction of sp³-hybridized carbons (Fsp3) is 0. The molecule has 0 N–H and O–H groups in total. The molecule has 0 heterocycles. The summed E-state index contributed by atoms with van der Waals surface area (Å²) in [5.74, 6) is 0.584. The van der Waals surface area contributed by atoms with E-state index < -0.39 is 51.6 Å². The number of hydrogen-bond donors (Lipinski definition) is 0. The van der Waals surface area contributed by atoms with Gasteiger partial charge in [0.2, 0.25) is 0 Å². The highest BCUT2D eigenvalue weighted by Gasteiger charge is 2.33. The highest BCUT2D eigenvalue weighted by Crippen LogP contribution is 2.39. The summed E-state index contributed by atoms with van der Waals surface area (Å²) in [5.41, 5.74) is 2.18. The highest BCUT2D eigenvalue weighted by atomic mass is 127. The number of carbonyl (C=O) groups excluding carboxylic acids is 5. The number of esters is 5. The van der Waals surface area contributed by atoms with E-state index in [-0.39, 0.29) is 0 Å². The van der Waals surface area contributed by atoms with E-state index in [0.717, 1.165) is 82.9 Å². The van der Waals surface area contributed by atoms with E-state index in [9.17, 15) is 24.0 Å². The minimum absolute atomic E-state index is 0.400. The lowest BCUT2D eigenvalue weighted by molar-refractivity contribution is 0.0722. The first-order valence-corrected chi connectivity index (χ1v) is 46.3. The van der Waals surface area contributed by atoms with E-state index in [1.54, 1.807) is 36.4 Å². The monoisotopic (exact) mass is 3010 g/mol. The van der Waals surface area contributed by atoms with Crippen molar-refractivity contribution in [3.8, 4) is 28.7 Å². The van der Waals surface area contributed by atoms with Crippen molar-refractivity contribution in [3.05, 3.63) is 294 Å². The van der Waals surface area contributed by atoms with Crippen LogP contribution in [0.2, 0.25) is 0 Å². The summed E-state index contributed by atoms with van der Waals surface area (Å²) in [4.78, 5) is 71.9. The van der Waals surface area contributed by atoms with E-state index in [4.69, 9.17) is 23.7 Å². The Kier molecular flexibility index (Phi) is 31.4. The van der Waals surface area contributed by atoms with E-state index in [0.29, 0.717) is 56.6 Å². The van der Waals surface area contributed by atoms with Gasteiger partial charge < -0.3 is 23.7 Å². The fourth-order valence-corrected chi connectivity index (χ4v) is 32.0. The molecule has 0 amide bonds. The maximum absolute atomic E-state index is 13.3. The molecule has 0 aliphatic carbocycles. The Balaban J connectivity index is 0.000000219. The predicted molar refractivity (Wildman–Crippen MR) is 511 cm³/mol. The van der Waals surface area contributed by atoms with Gasteiger partial charge in [0, 0.05) is 17.9 Å². The van der Waals surface area contributed by atoms with Crippen LogP contribution < -0.4 is 23.7 Å². The van der Waals surface area contributed by atoms with Crippen LogP contribution in [0.3, 0.4) is 0 Å². The summed E-state index contributed by atoms with van der Waals surface area (Å²) in [6.45, 7) is 0. The van der Waals surface area contributed by atoms with Crippen LogP contribution in [0.25, 0.3) is 0 Å². The molecule has 0 radical (unpaired) electrons. The van der Waals surface area contributed by atoms with Crippen LogP contribution in [-0.2, 0) is 21.8 Å². The zero-order valence-electron chi connectivity index (χ0n) is 48.8. The van der Waals surface area contributed by atoms with E-state index in [1.165, 1.54) is 0 Å². The maximum atomic E-state index is 13.3. The zero-order chi connectivity index (χ0) is 70.2. The van der Waals surface area contributed by atoms with E-state index in [2.05, 4.69) is 351 Å². The molecular weight excluding hydrogens is 2980 g/mol. The number of halogens is 15. The minimum atomic E-state index is -0.689. The Labute approximate surface area is 774 Å². The first-order chi connectivity index (χ1) is 46.8. The summed E-state index contributed by atoms with van der Waals surface area (Å²) in [5, 5.41) is 0. The summed E-state index contributed by atoms with van der Waals surface area (Å²) in [6.07, 6.45) is 0. The SMILES string of the molecule is O=C(Oc1c(I)cc(I)cc1I)c1ccc([S+](c2ccc(C(=O)Oc3c(I)cc(I)cc3I)cc2)c2ccc(C(=O)Oc3c(I)cc(I)cc3I)cc2)cc1.O=C(Oc1c(I)cc(I)cc1I)c1ccc([S+](c2ccccc2)c2ccc(C(=O)Oc3c(I)cc(I)cc3I)cc2)cc1.